The molecule has 0 saturated heterocycles. The van der Waals surface area contributed by atoms with E-state index in [1.807, 2.05) is 24.3 Å². The van der Waals surface area contributed by atoms with Crippen LogP contribution in [-0.2, 0) is 17.6 Å². The van der Waals surface area contributed by atoms with Crippen LogP contribution < -0.4 is 5.32 Å². The number of amides is 1. The second kappa shape index (κ2) is 8.02. The van der Waals surface area contributed by atoms with Gasteiger partial charge < -0.3 is 5.32 Å². The molecule has 1 aromatic heterocycles. The molecule has 0 fully saturated rings. The lowest BCUT2D eigenvalue weighted by molar-refractivity contribution is -0.115. The fourth-order valence-corrected chi connectivity index (χ4v) is 3.51. The van der Waals surface area contributed by atoms with Crippen molar-refractivity contribution in [1.29, 1.82) is 0 Å². The zero-order valence-electron chi connectivity index (χ0n) is 13.8. The number of nitrogens with zero attached hydrogens (tertiary/aromatic N) is 2. The molecular weight excluding hydrogens is 318 g/mol. The monoisotopic (exact) mass is 339 g/mol. The second-order valence-electron chi connectivity index (χ2n) is 5.82. The van der Waals surface area contributed by atoms with Crippen LogP contribution in [0.15, 0.2) is 42.5 Å². The minimum absolute atomic E-state index is 0.0531. The first-order chi connectivity index (χ1) is 11.8. The van der Waals surface area contributed by atoms with Crippen LogP contribution in [-0.4, -0.2) is 16.1 Å². The van der Waals surface area contributed by atoms with Crippen molar-refractivity contribution in [3.8, 4) is 0 Å². The van der Waals surface area contributed by atoms with Crippen LogP contribution in [0, 0.1) is 0 Å². The minimum Gasteiger partial charge on any atom is -0.300 e. The molecule has 0 unspecified atom stereocenters. The minimum atomic E-state index is -0.0531. The number of aryl methyl sites for hydroxylation is 1. The summed E-state index contributed by atoms with van der Waals surface area (Å²) in [4.78, 5) is 12.3. The topological polar surface area (TPSA) is 54.9 Å². The lowest BCUT2D eigenvalue weighted by atomic mass is 10.0. The van der Waals surface area contributed by atoms with Gasteiger partial charge in [-0.2, -0.15) is 0 Å². The number of carbonyl (C=O) groups is 1. The molecule has 0 aliphatic rings. The number of benzene rings is 2. The number of unbranched alkanes of at least 4 members (excludes halogenated alkanes) is 2. The standard InChI is InChI=1S/C19H21N3OS/c1-2-3-4-12-18-21-22-19(24-18)20-17(23)13-15-10-7-9-14-8-5-6-11-16(14)15/h5-11H,2-4,12-13H2,1H3,(H,20,22,23). The Hall–Kier alpha value is -2.27. The Labute approximate surface area is 145 Å². The van der Waals surface area contributed by atoms with E-state index in [9.17, 15) is 4.79 Å². The lowest BCUT2D eigenvalue weighted by Gasteiger charge is -2.06. The van der Waals surface area contributed by atoms with Crippen molar-refractivity contribution >= 4 is 33.1 Å². The number of rotatable bonds is 7. The maximum Gasteiger partial charge on any atom is 0.230 e. The molecule has 4 nitrogen and oxygen atoms in total. The second-order valence-corrected chi connectivity index (χ2v) is 6.88. The molecule has 0 saturated carbocycles. The molecule has 0 aliphatic carbocycles. The van der Waals surface area contributed by atoms with Gasteiger partial charge >= 0.3 is 0 Å². The number of carbonyl (C=O) groups excluding carboxylic acids is 1. The predicted octanol–water partition coefficient (Wildman–Crippen LogP) is 4.61. The molecule has 0 aliphatic heterocycles. The van der Waals surface area contributed by atoms with Crippen molar-refractivity contribution in [1.82, 2.24) is 10.2 Å². The summed E-state index contributed by atoms with van der Waals surface area (Å²) in [6.07, 6.45) is 4.78. The van der Waals surface area contributed by atoms with Gasteiger partial charge in [0, 0.05) is 6.42 Å². The van der Waals surface area contributed by atoms with Gasteiger partial charge in [-0.15, -0.1) is 10.2 Å². The van der Waals surface area contributed by atoms with Gasteiger partial charge in [0.25, 0.3) is 0 Å². The molecular formula is C19H21N3OS. The van der Waals surface area contributed by atoms with Crippen molar-refractivity contribution in [2.75, 3.05) is 5.32 Å². The Kier molecular flexibility index (Phi) is 5.54. The molecule has 5 heteroatoms. The van der Waals surface area contributed by atoms with E-state index >= 15 is 0 Å². The number of fused-ring (bicyclic) bond motifs is 1. The fraction of sp³-hybridized carbons (Fsp3) is 0.316. The predicted molar refractivity (Wildman–Crippen MR) is 99.4 cm³/mol. The van der Waals surface area contributed by atoms with Crippen LogP contribution in [0.25, 0.3) is 10.8 Å². The highest BCUT2D eigenvalue weighted by Gasteiger charge is 2.10. The molecule has 0 bridgehead atoms. The normalized spacial score (nSPS) is 10.9. The van der Waals surface area contributed by atoms with Gasteiger partial charge in [-0.3, -0.25) is 4.79 Å². The first-order valence-corrected chi connectivity index (χ1v) is 9.17. The largest absolute Gasteiger partial charge is 0.300 e. The molecule has 3 rings (SSSR count). The summed E-state index contributed by atoms with van der Waals surface area (Å²) >= 11 is 1.47. The van der Waals surface area contributed by atoms with Crippen LogP contribution in [0.1, 0.15) is 36.8 Å². The van der Waals surface area contributed by atoms with Crippen LogP contribution in [0.4, 0.5) is 5.13 Å². The van der Waals surface area contributed by atoms with Gasteiger partial charge in [0.05, 0.1) is 6.42 Å². The highest BCUT2D eigenvalue weighted by molar-refractivity contribution is 7.15. The lowest BCUT2D eigenvalue weighted by Crippen LogP contribution is -2.14. The zero-order valence-corrected chi connectivity index (χ0v) is 14.6. The Balaban J connectivity index is 1.63. The highest BCUT2D eigenvalue weighted by Crippen LogP contribution is 2.21. The first-order valence-electron chi connectivity index (χ1n) is 8.35. The zero-order chi connectivity index (χ0) is 16.8. The Morgan fingerprint density at radius 2 is 1.92 bits per heavy atom. The summed E-state index contributed by atoms with van der Waals surface area (Å²) in [7, 11) is 0. The van der Waals surface area contributed by atoms with E-state index in [1.165, 1.54) is 24.2 Å². The highest BCUT2D eigenvalue weighted by atomic mass is 32.1. The molecule has 3 aromatic rings. The van der Waals surface area contributed by atoms with E-state index in [4.69, 9.17) is 0 Å². The number of aromatic nitrogens is 2. The Morgan fingerprint density at radius 3 is 2.79 bits per heavy atom. The van der Waals surface area contributed by atoms with Crippen molar-refractivity contribution in [2.45, 2.75) is 39.0 Å². The average Bonchev–Trinajstić information content (AvgIpc) is 3.03. The van der Waals surface area contributed by atoms with Crippen LogP contribution in [0.5, 0.6) is 0 Å². The summed E-state index contributed by atoms with van der Waals surface area (Å²) in [5, 5.41) is 14.9. The summed E-state index contributed by atoms with van der Waals surface area (Å²) < 4.78 is 0. The molecule has 0 radical (unpaired) electrons. The number of hydrogen-bond donors (Lipinski definition) is 1. The van der Waals surface area contributed by atoms with Crippen molar-refractivity contribution in [2.24, 2.45) is 0 Å². The number of anilines is 1. The van der Waals surface area contributed by atoms with Gasteiger partial charge in [-0.25, -0.2) is 0 Å². The Morgan fingerprint density at radius 1 is 1.08 bits per heavy atom. The summed E-state index contributed by atoms with van der Waals surface area (Å²) in [5.41, 5.74) is 1.03. The quantitative estimate of drug-likeness (QED) is 0.640. The van der Waals surface area contributed by atoms with Crippen molar-refractivity contribution in [3.05, 3.63) is 53.0 Å². The third kappa shape index (κ3) is 4.17. The summed E-state index contributed by atoms with van der Waals surface area (Å²) in [5.74, 6) is -0.0531. The maximum absolute atomic E-state index is 12.3. The van der Waals surface area contributed by atoms with E-state index in [2.05, 4.69) is 40.6 Å². The van der Waals surface area contributed by atoms with E-state index < -0.39 is 0 Å². The van der Waals surface area contributed by atoms with E-state index in [0.29, 0.717) is 11.6 Å². The van der Waals surface area contributed by atoms with Crippen LogP contribution in [0.3, 0.4) is 0 Å². The number of hydrogen-bond acceptors (Lipinski definition) is 4. The molecule has 124 valence electrons. The molecule has 1 amide bonds. The van der Waals surface area contributed by atoms with Gasteiger partial charge in [0.1, 0.15) is 5.01 Å². The van der Waals surface area contributed by atoms with Crippen molar-refractivity contribution < 1.29 is 4.79 Å². The summed E-state index contributed by atoms with van der Waals surface area (Å²) in [6, 6.07) is 14.2. The average molecular weight is 339 g/mol. The molecule has 0 atom stereocenters. The fourth-order valence-electron chi connectivity index (χ4n) is 2.71. The smallest absolute Gasteiger partial charge is 0.230 e. The maximum atomic E-state index is 12.3. The molecule has 2 aromatic carbocycles. The Bertz CT molecular complexity index is 823. The van der Waals surface area contributed by atoms with Gasteiger partial charge in [-0.1, -0.05) is 73.6 Å². The van der Waals surface area contributed by atoms with E-state index in [-0.39, 0.29) is 5.91 Å². The molecule has 1 heterocycles. The van der Waals surface area contributed by atoms with Gasteiger partial charge in [0.15, 0.2) is 0 Å². The number of nitrogens with one attached hydrogen (secondary N) is 1. The van der Waals surface area contributed by atoms with Gasteiger partial charge in [-0.05, 0) is 22.8 Å². The molecule has 0 spiro atoms. The first kappa shape index (κ1) is 16.6. The third-order valence-corrected chi connectivity index (χ3v) is 4.84. The van der Waals surface area contributed by atoms with Crippen molar-refractivity contribution in [3.63, 3.8) is 0 Å². The third-order valence-electron chi connectivity index (χ3n) is 3.94. The van der Waals surface area contributed by atoms with Crippen LogP contribution >= 0.6 is 11.3 Å². The molecule has 24 heavy (non-hydrogen) atoms. The van der Waals surface area contributed by atoms with Crippen LogP contribution in [0.2, 0.25) is 0 Å². The van der Waals surface area contributed by atoms with Gasteiger partial charge in [0.2, 0.25) is 11.0 Å². The summed E-state index contributed by atoms with van der Waals surface area (Å²) in [6.45, 7) is 2.18. The molecule has 1 N–H and O–H groups in total. The SMILES string of the molecule is CCCCCc1nnc(NC(=O)Cc2cccc3ccccc23)s1. The van der Waals surface area contributed by atoms with E-state index in [0.717, 1.165) is 34.2 Å². The van der Waals surface area contributed by atoms with E-state index in [1.54, 1.807) is 0 Å².